The van der Waals surface area contributed by atoms with Crippen molar-refractivity contribution in [3.63, 3.8) is 0 Å². The highest BCUT2D eigenvalue weighted by Gasteiger charge is 2.15. The average Bonchev–Trinajstić information content (AvgIpc) is 2.37. The first kappa shape index (κ1) is 20.7. The lowest BCUT2D eigenvalue weighted by Gasteiger charge is -2.19. The Balaban J connectivity index is 4.03. The summed E-state index contributed by atoms with van der Waals surface area (Å²) in [6.45, 7) is 14.8. The van der Waals surface area contributed by atoms with Crippen LogP contribution in [0.1, 0.15) is 48.0 Å². The number of esters is 1. The Bertz CT molecular complexity index is 336. The second kappa shape index (κ2) is 11.3. The summed E-state index contributed by atoms with van der Waals surface area (Å²) < 4.78 is 10.7. The lowest BCUT2D eigenvalue weighted by Crippen LogP contribution is -2.38. The monoisotopic (exact) mass is 315 g/mol. The van der Waals surface area contributed by atoms with Crippen molar-refractivity contribution in [3.8, 4) is 0 Å². The van der Waals surface area contributed by atoms with Gasteiger partial charge in [0.1, 0.15) is 12.1 Å². The number of nitrogens with one attached hydrogen (secondary N) is 2. The Kier molecular flexibility index (Phi) is 10.6. The number of nitrogens with zero attached hydrogens (tertiary/aromatic N) is 1. The molecule has 0 heterocycles. The first-order valence-corrected chi connectivity index (χ1v) is 8.06. The molecule has 0 saturated heterocycles. The molecule has 22 heavy (non-hydrogen) atoms. The van der Waals surface area contributed by atoms with Crippen molar-refractivity contribution >= 4 is 11.9 Å². The highest BCUT2D eigenvalue weighted by molar-refractivity contribution is 5.83. The van der Waals surface area contributed by atoms with Crippen LogP contribution in [0.5, 0.6) is 0 Å². The molecule has 0 aliphatic rings. The largest absolute Gasteiger partial charge is 0.459 e. The molecule has 130 valence electrons. The minimum atomic E-state index is -0.480. The summed E-state index contributed by atoms with van der Waals surface area (Å²) in [5, 5.41) is 6.28. The van der Waals surface area contributed by atoms with Gasteiger partial charge in [0.25, 0.3) is 0 Å². The maximum absolute atomic E-state index is 11.6. The molecule has 0 aliphatic carbocycles. The predicted octanol–water partition coefficient (Wildman–Crippen LogP) is 1.95. The first-order chi connectivity index (χ1) is 10.2. The molecule has 0 atom stereocenters. The fourth-order valence-corrected chi connectivity index (χ4v) is 1.56. The average molecular weight is 315 g/mol. The van der Waals surface area contributed by atoms with Gasteiger partial charge in [-0.3, -0.25) is 4.79 Å². The van der Waals surface area contributed by atoms with E-state index in [1.165, 1.54) is 0 Å². The van der Waals surface area contributed by atoms with Gasteiger partial charge in [-0.25, -0.2) is 4.99 Å². The molecule has 0 aromatic heterocycles. The first-order valence-electron chi connectivity index (χ1n) is 8.06. The molecule has 2 N–H and O–H groups in total. The second-order valence-electron chi connectivity index (χ2n) is 6.53. The van der Waals surface area contributed by atoms with Crippen LogP contribution in [-0.4, -0.2) is 50.4 Å². The Labute approximate surface area is 135 Å². The molecule has 6 heteroatoms. The van der Waals surface area contributed by atoms with Crippen molar-refractivity contribution in [1.82, 2.24) is 10.6 Å². The van der Waals surface area contributed by atoms with Gasteiger partial charge < -0.3 is 20.1 Å². The summed E-state index contributed by atoms with van der Waals surface area (Å²) in [6.07, 6.45) is 0.892. The Hall–Kier alpha value is -1.30. The smallest absolute Gasteiger partial charge is 0.328 e. The molecule has 6 nitrogen and oxygen atoms in total. The van der Waals surface area contributed by atoms with E-state index < -0.39 is 5.60 Å². The molecule has 0 aromatic rings. The Morgan fingerprint density at radius 3 is 2.45 bits per heavy atom. The standard InChI is InChI=1S/C16H33N3O3/c1-7-17-15(18-9-8-10-21-12-13(2)3)19-11-14(20)22-16(4,5)6/h13H,7-12H2,1-6H3,(H2,17,18,19). The van der Waals surface area contributed by atoms with Gasteiger partial charge in [0.05, 0.1) is 0 Å². The van der Waals surface area contributed by atoms with E-state index in [2.05, 4.69) is 29.5 Å². The number of hydrogen-bond donors (Lipinski definition) is 2. The molecule has 0 amide bonds. The Morgan fingerprint density at radius 2 is 1.91 bits per heavy atom. The number of guanidine groups is 1. The maximum atomic E-state index is 11.6. The summed E-state index contributed by atoms with van der Waals surface area (Å²) in [5.41, 5.74) is -0.480. The number of hydrogen-bond acceptors (Lipinski definition) is 4. The minimum absolute atomic E-state index is 0.0104. The zero-order valence-electron chi connectivity index (χ0n) is 15.0. The maximum Gasteiger partial charge on any atom is 0.328 e. The van der Waals surface area contributed by atoms with Gasteiger partial charge in [-0.05, 0) is 40.0 Å². The summed E-state index contributed by atoms with van der Waals surface area (Å²) in [6, 6.07) is 0. The quantitative estimate of drug-likeness (QED) is 0.294. The van der Waals surface area contributed by atoms with Gasteiger partial charge in [0.2, 0.25) is 0 Å². The van der Waals surface area contributed by atoms with E-state index in [1.54, 1.807) is 0 Å². The van der Waals surface area contributed by atoms with E-state index in [0.717, 1.165) is 32.7 Å². The van der Waals surface area contributed by atoms with Gasteiger partial charge >= 0.3 is 5.97 Å². The number of ether oxygens (including phenoxy) is 2. The van der Waals surface area contributed by atoms with Crippen LogP contribution < -0.4 is 10.6 Å². The molecular weight excluding hydrogens is 282 g/mol. The topological polar surface area (TPSA) is 72.0 Å². The van der Waals surface area contributed by atoms with Gasteiger partial charge in [0.15, 0.2) is 5.96 Å². The van der Waals surface area contributed by atoms with Crippen molar-refractivity contribution in [3.05, 3.63) is 0 Å². The summed E-state index contributed by atoms with van der Waals surface area (Å²) in [7, 11) is 0. The van der Waals surface area contributed by atoms with E-state index in [4.69, 9.17) is 9.47 Å². The molecule has 0 unspecified atom stereocenters. The van der Waals surface area contributed by atoms with E-state index in [9.17, 15) is 4.79 Å². The van der Waals surface area contributed by atoms with Crippen LogP contribution in [0.15, 0.2) is 4.99 Å². The van der Waals surface area contributed by atoms with Crippen molar-refractivity contribution < 1.29 is 14.3 Å². The van der Waals surface area contributed by atoms with Crippen molar-refractivity contribution in [2.24, 2.45) is 10.9 Å². The molecule has 0 saturated carbocycles. The van der Waals surface area contributed by atoms with E-state index in [1.807, 2.05) is 27.7 Å². The number of aliphatic imine (C=N–C) groups is 1. The Morgan fingerprint density at radius 1 is 1.23 bits per heavy atom. The van der Waals surface area contributed by atoms with E-state index in [-0.39, 0.29) is 12.5 Å². The molecule has 0 rings (SSSR count). The lowest BCUT2D eigenvalue weighted by molar-refractivity contribution is -0.152. The number of rotatable bonds is 9. The minimum Gasteiger partial charge on any atom is -0.459 e. The van der Waals surface area contributed by atoms with Crippen LogP contribution in [0.2, 0.25) is 0 Å². The van der Waals surface area contributed by atoms with Crippen LogP contribution in [0.4, 0.5) is 0 Å². The van der Waals surface area contributed by atoms with Crippen molar-refractivity contribution in [2.45, 2.75) is 53.6 Å². The third kappa shape index (κ3) is 13.7. The second-order valence-corrected chi connectivity index (χ2v) is 6.53. The fourth-order valence-electron chi connectivity index (χ4n) is 1.56. The fraction of sp³-hybridized carbons (Fsp3) is 0.875. The SMILES string of the molecule is CCNC(=NCC(=O)OC(C)(C)C)NCCCOCC(C)C. The highest BCUT2D eigenvalue weighted by atomic mass is 16.6. The van der Waals surface area contributed by atoms with Gasteiger partial charge in [-0.15, -0.1) is 0 Å². The normalized spacial score (nSPS) is 12.4. The number of carbonyl (C=O) groups excluding carboxylic acids is 1. The molecule has 0 radical (unpaired) electrons. The summed E-state index contributed by atoms with van der Waals surface area (Å²) in [4.78, 5) is 15.9. The molecule has 0 bridgehead atoms. The molecule has 0 fully saturated rings. The molecule has 0 spiro atoms. The van der Waals surface area contributed by atoms with Gasteiger partial charge in [-0.1, -0.05) is 13.8 Å². The predicted molar refractivity (Wildman–Crippen MR) is 90.1 cm³/mol. The number of carbonyl (C=O) groups is 1. The van der Waals surface area contributed by atoms with Crippen molar-refractivity contribution in [2.75, 3.05) is 32.8 Å². The van der Waals surface area contributed by atoms with E-state index >= 15 is 0 Å². The third-order valence-electron chi connectivity index (χ3n) is 2.34. The van der Waals surface area contributed by atoms with E-state index in [0.29, 0.717) is 11.9 Å². The summed E-state index contributed by atoms with van der Waals surface area (Å²) in [5.74, 6) is 0.850. The third-order valence-corrected chi connectivity index (χ3v) is 2.34. The van der Waals surface area contributed by atoms with Crippen LogP contribution in [0.25, 0.3) is 0 Å². The van der Waals surface area contributed by atoms with Crippen molar-refractivity contribution in [1.29, 1.82) is 0 Å². The highest BCUT2D eigenvalue weighted by Crippen LogP contribution is 2.06. The van der Waals surface area contributed by atoms with Gasteiger partial charge in [-0.2, -0.15) is 0 Å². The van der Waals surface area contributed by atoms with Crippen LogP contribution >= 0.6 is 0 Å². The van der Waals surface area contributed by atoms with Crippen LogP contribution in [-0.2, 0) is 14.3 Å². The lowest BCUT2D eigenvalue weighted by atomic mass is 10.2. The summed E-state index contributed by atoms with van der Waals surface area (Å²) >= 11 is 0. The molecular formula is C16H33N3O3. The van der Waals surface area contributed by atoms with Crippen LogP contribution in [0.3, 0.4) is 0 Å². The molecule has 0 aromatic carbocycles. The zero-order chi connectivity index (χ0) is 17.0. The molecule has 0 aliphatic heterocycles. The van der Waals surface area contributed by atoms with Gasteiger partial charge in [0, 0.05) is 26.3 Å². The van der Waals surface area contributed by atoms with Crippen LogP contribution in [0, 0.1) is 5.92 Å². The zero-order valence-corrected chi connectivity index (χ0v) is 15.0.